The standard InChI is InChI=1S/C11H12ClN3O3/c12-10-2-1-8(15(17)18)5-9(10)11(16)14-7-3-4-13-6-7/h1-2,5,7,13H,3-4,6H2,(H,14,16). The van der Waals surface area contributed by atoms with Crippen LogP contribution in [0.2, 0.25) is 5.02 Å². The molecule has 1 aromatic rings. The maximum Gasteiger partial charge on any atom is 0.270 e. The van der Waals surface area contributed by atoms with Crippen molar-refractivity contribution in [3.8, 4) is 0 Å². The highest BCUT2D eigenvalue weighted by molar-refractivity contribution is 6.33. The molecule has 18 heavy (non-hydrogen) atoms. The van der Waals surface area contributed by atoms with Gasteiger partial charge in [0.15, 0.2) is 0 Å². The molecule has 6 nitrogen and oxygen atoms in total. The van der Waals surface area contributed by atoms with Crippen LogP contribution in [-0.4, -0.2) is 30.0 Å². The lowest BCUT2D eigenvalue weighted by Crippen LogP contribution is -2.36. The Hall–Kier alpha value is -1.66. The maximum absolute atomic E-state index is 12.0. The van der Waals surface area contributed by atoms with E-state index in [0.717, 1.165) is 13.0 Å². The number of carbonyl (C=O) groups excluding carboxylic acids is 1. The number of benzene rings is 1. The average molecular weight is 270 g/mol. The number of non-ortho nitro benzene ring substituents is 1. The van der Waals surface area contributed by atoms with Crippen LogP contribution in [0.4, 0.5) is 5.69 Å². The van der Waals surface area contributed by atoms with E-state index in [4.69, 9.17) is 11.6 Å². The number of nitro groups is 1. The second kappa shape index (κ2) is 5.32. The molecule has 0 spiro atoms. The zero-order valence-corrected chi connectivity index (χ0v) is 10.2. The summed E-state index contributed by atoms with van der Waals surface area (Å²) in [5.41, 5.74) is -0.00753. The van der Waals surface area contributed by atoms with E-state index in [-0.39, 0.29) is 28.2 Å². The van der Waals surface area contributed by atoms with Gasteiger partial charge < -0.3 is 10.6 Å². The first-order valence-electron chi connectivity index (χ1n) is 5.53. The van der Waals surface area contributed by atoms with Crippen molar-refractivity contribution in [2.75, 3.05) is 13.1 Å². The van der Waals surface area contributed by atoms with Crippen molar-refractivity contribution in [3.05, 3.63) is 38.9 Å². The highest BCUT2D eigenvalue weighted by Crippen LogP contribution is 2.22. The molecule has 1 unspecified atom stereocenters. The Bertz CT molecular complexity index is 486. The third kappa shape index (κ3) is 2.77. The Labute approximate surface area is 108 Å². The van der Waals surface area contributed by atoms with Gasteiger partial charge in [-0.15, -0.1) is 0 Å². The molecular weight excluding hydrogens is 258 g/mol. The van der Waals surface area contributed by atoms with Gasteiger partial charge in [0.2, 0.25) is 0 Å². The zero-order valence-electron chi connectivity index (χ0n) is 9.48. The van der Waals surface area contributed by atoms with E-state index in [1.807, 2.05) is 0 Å². The van der Waals surface area contributed by atoms with E-state index in [2.05, 4.69) is 10.6 Å². The van der Waals surface area contributed by atoms with E-state index in [9.17, 15) is 14.9 Å². The lowest BCUT2D eigenvalue weighted by Gasteiger charge is -2.11. The van der Waals surface area contributed by atoms with Crippen LogP contribution in [0.1, 0.15) is 16.8 Å². The minimum Gasteiger partial charge on any atom is -0.348 e. The Morgan fingerprint density at radius 1 is 1.56 bits per heavy atom. The summed E-state index contributed by atoms with van der Waals surface area (Å²) >= 11 is 5.88. The van der Waals surface area contributed by atoms with Gasteiger partial charge in [-0.3, -0.25) is 14.9 Å². The summed E-state index contributed by atoms with van der Waals surface area (Å²) in [6, 6.07) is 3.88. The fourth-order valence-electron chi connectivity index (χ4n) is 1.84. The number of nitrogens with one attached hydrogen (secondary N) is 2. The first-order valence-corrected chi connectivity index (χ1v) is 5.91. The maximum atomic E-state index is 12.0. The van der Waals surface area contributed by atoms with Crippen LogP contribution in [0, 0.1) is 10.1 Å². The molecule has 1 aromatic carbocycles. The predicted octanol–water partition coefficient (Wildman–Crippen LogP) is 1.34. The summed E-state index contributed by atoms with van der Waals surface area (Å²) in [6.07, 6.45) is 0.846. The molecule has 0 bridgehead atoms. The highest BCUT2D eigenvalue weighted by Gasteiger charge is 2.20. The van der Waals surface area contributed by atoms with Crippen molar-refractivity contribution in [2.45, 2.75) is 12.5 Å². The molecule has 1 atom stereocenters. The summed E-state index contributed by atoms with van der Waals surface area (Å²) < 4.78 is 0. The first kappa shape index (κ1) is 12.8. The third-order valence-corrected chi connectivity index (χ3v) is 3.13. The summed E-state index contributed by atoms with van der Waals surface area (Å²) in [6.45, 7) is 1.56. The number of rotatable bonds is 3. The van der Waals surface area contributed by atoms with Crippen LogP contribution in [0.3, 0.4) is 0 Å². The largest absolute Gasteiger partial charge is 0.348 e. The Morgan fingerprint density at radius 2 is 2.33 bits per heavy atom. The number of carbonyl (C=O) groups is 1. The van der Waals surface area contributed by atoms with Crippen LogP contribution in [0.15, 0.2) is 18.2 Å². The van der Waals surface area contributed by atoms with Gasteiger partial charge in [-0.1, -0.05) is 11.6 Å². The monoisotopic (exact) mass is 269 g/mol. The Balaban J connectivity index is 2.17. The van der Waals surface area contributed by atoms with Crippen LogP contribution in [-0.2, 0) is 0 Å². The first-order chi connectivity index (χ1) is 8.58. The van der Waals surface area contributed by atoms with Crippen molar-refractivity contribution >= 4 is 23.2 Å². The van der Waals surface area contributed by atoms with Crippen LogP contribution in [0.5, 0.6) is 0 Å². The molecule has 2 N–H and O–H groups in total. The van der Waals surface area contributed by atoms with Gasteiger partial charge in [0, 0.05) is 24.7 Å². The molecule has 0 aromatic heterocycles. The summed E-state index contributed by atoms with van der Waals surface area (Å²) in [5.74, 6) is -0.377. The molecule has 1 aliphatic heterocycles. The number of halogens is 1. The summed E-state index contributed by atoms with van der Waals surface area (Å²) in [5, 5.41) is 16.8. The van der Waals surface area contributed by atoms with E-state index in [0.29, 0.717) is 6.54 Å². The van der Waals surface area contributed by atoms with Gasteiger partial charge >= 0.3 is 0 Å². The van der Waals surface area contributed by atoms with E-state index in [1.165, 1.54) is 18.2 Å². The van der Waals surface area contributed by atoms with Gasteiger partial charge in [0.05, 0.1) is 15.5 Å². The minimum absolute atomic E-state index is 0.0489. The van der Waals surface area contributed by atoms with Crippen molar-refractivity contribution in [3.63, 3.8) is 0 Å². The SMILES string of the molecule is O=C(NC1CCNC1)c1cc([N+](=O)[O-])ccc1Cl. The fraction of sp³-hybridized carbons (Fsp3) is 0.364. The molecule has 1 amide bonds. The highest BCUT2D eigenvalue weighted by atomic mass is 35.5. The number of nitro benzene ring substituents is 1. The van der Waals surface area contributed by atoms with Crippen molar-refractivity contribution in [2.24, 2.45) is 0 Å². The molecule has 0 radical (unpaired) electrons. The third-order valence-electron chi connectivity index (χ3n) is 2.80. The number of hydrogen-bond donors (Lipinski definition) is 2. The van der Waals surface area contributed by atoms with Gasteiger partial charge in [0.1, 0.15) is 0 Å². The van der Waals surface area contributed by atoms with Crippen molar-refractivity contribution in [1.82, 2.24) is 10.6 Å². The molecule has 96 valence electrons. The Morgan fingerprint density at radius 3 is 2.94 bits per heavy atom. The smallest absolute Gasteiger partial charge is 0.270 e. The van der Waals surface area contributed by atoms with E-state index in [1.54, 1.807) is 0 Å². The average Bonchev–Trinajstić information content (AvgIpc) is 2.81. The lowest BCUT2D eigenvalue weighted by atomic mass is 10.1. The molecule has 0 saturated carbocycles. The Kier molecular flexibility index (Phi) is 3.78. The second-order valence-corrected chi connectivity index (χ2v) is 4.49. The topological polar surface area (TPSA) is 84.3 Å². The van der Waals surface area contributed by atoms with Gasteiger partial charge in [-0.05, 0) is 19.0 Å². The van der Waals surface area contributed by atoms with E-state index < -0.39 is 4.92 Å². The molecule has 1 heterocycles. The molecule has 1 fully saturated rings. The molecule has 0 aliphatic carbocycles. The molecule has 1 saturated heterocycles. The van der Waals surface area contributed by atoms with Crippen LogP contribution >= 0.6 is 11.6 Å². The van der Waals surface area contributed by atoms with Crippen LogP contribution < -0.4 is 10.6 Å². The normalized spacial score (nSPS) is 18.6. The lowest BCUT2D eigenvalue weighted by molar-refractivity contribution is -0.384. The number of hydrogen-bond acceptors (Lipinski definition) is 4. The summed E-state index contributed by atoms with van der Waals surface area (Å²) in [4.78, 5) is 22.1. The second-order valence-electron chi connectivity index (χ2n) is 4.08. The fourth-order valence-corrected chi connectivity index (χ4v) is 2.05. The number of nitrogens with zero attached hydrogens (tertiary/aromatic N) is 1. The minimum atomic E-state index is -0.551. The van der Waals surface area contributed by atoms with Crippen molar-refractivity contribution in [1.29, 1.82) is 0 Å². The number of amides is 1. The van der Waals surface area contributed by atoms with Crippen LogP contribution in [0.25, 0.3) is 0 Å². The predicted molar refractivity (Wildman–Crippen MR) is 66.8 cm³/mol. The van der Waals surface area contributed by atoms with Gasteiger partial charge in [-0.25, -0.2) is 0 Å². The molecule has 2 rings (SSSR count). The zero-order chi connectivity index (χ0) is 13.1. The molecular formula is C11H12ClN3O3. The van der Waals surface area contributed by atoms with Crippen molar-refractivity contribution < 1.29 is 9.72 Å². The molecule has 7 heteroatoms. The quantitative estimate of drug-likeness (QED) is 0.641. The van der Waals surface area contributed by atoms with E-state index >= 15 is 0 Å². The van der Waals surface area contributed by atoms with Gasteiger partial charge in [0.25, 0.3) is 11.6 Å². The van der Waals surface area contributed by atoms with Gasteiger partial charge in [-0.2, -0.15) is 0 Å². The summed E-state index contributed by atoms with van der Waals surface area (Å²) in [7, 11) is 0. The molecule has 1 aliphatic rings.